The van der Waals surface area contributed by atoms with E-state index in [4.69, 9.17) is 9.47 Å². The van der Waals surface area contributed by atoms with E-state index in [9.17, 15) is 14.4 Å². The number of amides is 1. The first-order valence-corrected chi connectivity index (χ1v) is 7.52. The number of rotatable bonds is 6. The fourth-order valence-corrected chi connectivity index (χ4v) is 2.79. The molecule has 0 saturated heterocycles. The Labute approximate surface area is 130 Å². The molecule has 1 fully saturated rings. The Morgan fingerprint density at radius 3 is 2.14 bits per heavy atom. The lowest BCUT2D eigenvalue weighted by Gasteiger charge is -2.34. The smallest absolute Gasteiger partial charge is 0.409 e. The quantitative estimate of drug-likeness (QED) is 0.548. The first-order chi connectivity index (χ1) is 10.5. The Morgan fingerprint density at radius 2 is 1.64 bits per heavy atom. The molecule has 1 amide bonds. The number of methoxy groups -OCH3 is 3. The van der Waals surface area contributed by atoms with Crippen LogP contribution in [0.2, 0.25) is 0 Å². The summed E-state index contributed by atoms with van der Waals surface area (Å²) in [4.78, 5) is 37.0. The summed E-state index contributed by atoms with van der Waals surface area (Å²) in [5, 5.41) is 0. The Kier molecular flexibility index (Phi) is 7.70. The molecule has 0 N–H and O–H groups in total. The molecule has 22 heavy (non-hydrogen) atoms. The lowest BCUT2D eigenvalue weighted by atomic mass is 9.93. The molecule has 0 radical (unpaired) electrons. The summed E-state index contributed by atoms with van der Waals surface area (Å²) >= 11 is 0. The molecular weight excluding hydrogens is 290 g/mol. The predicted octanol–water partition coefficient (Wildman–Crippen LogP) is 1.74. The standard InChI is InChI=1S/C15H25NO6/c1-20-13(17)9-11(14(18)21-2)10-16(15(19)22-3)12-7-5-4-6-8-12/h11-12H,4-10H2,1-3H3. The van der Waals surface area contributed by atoms with Crippen molar-refractivity contribution in [2.45, 2.75) is 44.6 Å². The fraction of sp³-hybridized carbons (Fsp3) is 0.800. The number of carbonyl (C=O) groups is 3. The molecule has 0 aromatic rings. The largest absolute Gasteiger partial charge is 0.469 e. The molecule has 0 heterocycles. The molecule has 7 heteroatoms. The molecule has 126 valence electrons. The third kappa shape index (κ3) is 5.20. The van der Waals surface area contributed by atoms with Gasteiger partial charge in [-0.2, -0.15) is 0 Å². The molecular formula is C15H25NO6. The first-order valence-electron chi connectivity index (χ1n) is 7.52. The second-order valence-corrected chi connectivity index (χ2v) is 5.41. The Bertz CT molecular complexity index is 391. The van der Waals surface area contributed by atoms with Gasteiger partial charge in [0.25, 0.3) is 0 Å². The van der Waals surface area contributed by atoms with E-state index in [-0.39, 0.29) is 19.0 Å². The minimum atomic E-state index is -0.751. The molecule has 1 atom stereocenters. The van der Waals surface area contributed by atoms with Crippen molar-refractivity contribution >= 4 is 18.0 Å². The van der Waals surface area contributed by atoms with Crippen LogP contribution >= 0.6 is 0 Å². The maximum Gasteiger partial charge on any atom is 0.409 e. The van der Waals surface area contributed by atoms with Gasteiger partial charge in [0.05, 0.1) is 33.7 Å². The van der Waals surface area contributed by atoms with Gasteiger partial charge in [0, 0.05) is 12.6 Å². The van der Waals surface area contributed by atoms with Gasteiger partial charge in [-0.15, -0.1) is 0 Å². The summed E-state index contributed by atoms with van der Waals surface area (Å²) < 4.78 is 14.2. The lowest BCUT2D eigenvalue weighted by Crippen LogP contribution is -2.46. The number of carbonyl (C=O) groups excluding carboxylic acids is 3. The topological polar surface area (TPSA) is 82.1 Å². The van der Waals surface area contributed by atoms with Crippen molar-refractivity contribution in [1.82, 2.24) is 4.90 Å². The molecule has 0 aromatic carbocycles. The first kappa shape index (κ1) is 18.3. The minimum absolute atomic E-state index is 0.0333. The van der Waals surface area contributed by atoms with Crippen LogP contribution in [0.1, 0.15) is 38.5 Å². The Morgan fingerprint density at radius 1 is 1.00 bits per heavy atom. The van der Waals surface area contributed by atoms with E-state index in [1.165, 1.54) is 21.3 Å². The van der Waals surface area contributed by atoms with Crippen molar-refractivity contribution < 1.29 is 28.6 Å². The second kappa shape index (κ2) is 9.27. The SMILES string of the molecule is COC(=O)CC(CN(C(=O)OC)C1CCCCC1)C(=O)OC. The average Bonchev–Trinajstić information content (AvgIpc) is 2.57. The van der Waals surface area contributed by atoms with Crippen molar-refractivity contribution in [3.8, 4) is 0 Å². The van der Waals surface area contributed by atoms with Crippen molar-refractivity contribution in [3.05, 3.63) is 0 Å². The maximum atomic E-state index is 12.0. The van der Waals surface area contributed by atoms with Gasteiger partial charge in [0.2, 0.25) is 0 Å². The van der Waals surface area contributed by atoms with Crippen LogP contribution in [0.5, 0.6) is 0 Å². The van der Waals surface area contributed by atoms with Crippen LogP contribution in [0.3, 0.4) is 0 Å². The lowest BCUT2D eigenvalue weighted by molar-refractivity contribution is -0.152. The maximum absolute atomic E-state index is 12.0. The highest BCUT2D eigenvalue weighted by molar-refractivity contribution is 5.80. The van der Waals surface area contributed by atoms with E-state index in [1.54, 1.807) is 4.90 Å². The fourth-order valence-electron chi connectivity index (χ4n) is 2.79. The summed E-state index contributed by atoms with van der Waals surface area (Å²) in [5.41, 5.74) is 0. The van der Waals surface area contributed by atoms with E-state index in [2.05, 4.69) is 4.74 Å². The zero-order valence-electron chi connectivity index (χ0n) is 13.5. The van der Waals surface area contributed by atoms with Crippen molar-refractivity contribution in [2.75, 3.05) is 27.9 Å². The van der Waals surface area contributed by atoms with Gasteiger partial charge in [-0.05, 0) is 12.8 Å². The molecule has 1 aliphatic rings. The van der Waals surface area contributed by atoms with Gasteiger partial charge in [0.1, 0.15) is 0 Å². The second-order valence-electron chi connectivity index (χ2n) is 5.41. The van der Waals surface area contributed by atoms with E-state index < -0.39 is 23.9 Å². The molecule has 0 aromatic heterocycles. The highest BCUT2D eigenvalue weighted by atomic mass is 16.5. The number of ether oxygens (including phenoxy) is 3. The van der Waals surface area contributed by atoms with Gasteiger partial charge in [-0.1, -0.05) is 19.3 Å². The van der Waals surface area contributed by atoms with E-state index in [0.717, 1.165) is 32.1 Å². The van der Waals surface area contributed by atoms with E-state index in [0.29, 0.717) is 0 Å². The molecule has 1 aliphatic carbocycles. The van der Waals surface area contributed by atoms with Crippen LogP contribution in [-0.2, 0) is 23.8 Å². The van der Waals surface area contributed by atoms with Crippen molar-refractivity contribution in [2.24, 2.45) is 5.92 Å². The summed E-state index contributed by atoms with van der Waals surface area (Å²) in [6, 6.07) is 0.0333. The van der Waals surface area contributed by atoms with E-state index in [1.807, 2.05) is 0 Å². The third-order valence-corrected chi connectivity index (χ3v) is 4.02. The van der Waals surface area contributed by atoms with Gasteiger partial charge in [0.15, 0.2) is 0 Å². The van der Waals surface area contributed by atoms with Crippen molar-refractivity contribution in [1.29, 1.82) is 0 Å². The molecule has 0 spiro atoms. The highest BCUT2D eigenvalue weighted by Crippen LogP contribution is 2.25. The van der Waals surface area contributed by atoms with Crippen LogP contribution in [0, 0.1) is 5.92 Å². The van der Waals surface area contributed by atoms with Crippen molar-refractivity contribution in [3.63, 3.8) is 0 Å². The summed E-state index contributed by atoms with van der Waals surface area (Å²) in [6.07, 6.45) is 4.38. The summed E-state index contributed by atoms with van der Waals surface area (Å²) in [5.74, 6) is -1.79. The summed E-state index contributed by atoms with van der Waals surface area (Å²) in [6.45, 7) is 0.0963. The predicted molar refractivity (Wildman–Crippen MR) is 78.1 cm³/mol. The Hall–Kier alpha value is -1.79. The number of hydrogen-bond acceptors (Lipinski definition) is 6. The summed E-state index contributed by atoms with van der Waals surface area (Å²) in [7, 11) is 3.83. The van der Waals surface area contributed by atoms with Crippen LogP contribution in [0.15, 0.2) is 0 Å². The molecule has 7 nitrogen and oxygen atoms in total. The van der Waals surface area contributed by atoms with Gasteiger partial charge in [-0.25, -0.2) is 4.79 Å². The molecule has 0 bridgehead atoms. The minimum Gasteiger partial charge on any atom is -0.469 e. The van der Waals surface area contributed by atoms with Gasteiger partial charge in [-0.3, -0.25) is 9.59 Å². The monoisotopic (exact) mass is 315 g/mol. The highest BCUT2D eigenvalue weighted by Gasteiger charge is 2.32. The average molecular weight is 315 g/mol. The normalized spacial score (nSPS) is 16.5. The van der Waals surface area contributed by atoms with Crippen LogP contribution < -0.4 is 0 Å². The number of hydrogen-bond donors (Lipinski definition) is 0. The molecule has 1 unspecified atom stereocenters. The van der Waals surface area contributed by atoms with E-state index >= 15 is 0 Å². The zero-order chi connectivity index (χ0) is 16.5. The zero-order valence-corrected chi connectivity index (χ0v) is 13.5. The Balaban J connectivity index is 2.83. The van der Waals surface area contributed by atoms with Crippen LogP contribution in [0.25, 0.3) is 0 Å². The van der Waals surface area contributed by atoms with Gasteiger partial charge >= 0.3 is 18.0 Å². The third-order valence-electron chi connectivity index (χ3n) is 4.02. The molecule has 1 saturated carbocycles. The number of esters is 2. The van der Waals surface area contributed by atoms with Gasteiger partial charge < -0.3 is 19.1 Å². The van der Waals surface area contributed by atoms with Crippen LogP contribution in [-0.4, -0.2) is 56.8 Å². The van der Waals surface area contributed by atoms with Crippen LogP contribution in [0.4, 0.5) is 4.79 Å². The molecule has 0 aliphatic heterocycles. The molecule has 1 rings (SSSR count). The number of nitrogens with zero attached hydrogens (tertiary/aromatic N) is 1.